The van der Waals surface area contributed by atoms with E-state index in [-0.39, 0.29) is 17.9 Å². The first-order valence-corrected chi connectivity index (χ1v) is 13.8. The van der Waals surface area contributed by atoms with Crippen molar-refractivity contribution in [1.82, 2.24) is 13.8 Å². The molecule has 3 aliphatic heterocycles. The highest BCUT2D eigenvalue weighted by Gasteiger charge is 2.60. The number of hydrogen-bond acceptors (Lipinski definition) is 6. The third kappa shape index (κ3) is 3.79. The molecule has 1 aromatic heterocycles. The van der Waals surface area contributed by atoms with Crippen molar-refractivity contribution in [3.05, 3.63) is 70.9 Å². The summed E-state index contributed by atoms with van der Waals surface area (Å²) in [5.41, 5.74) is 3.81. The minimum absolute atomic E-state index is 0.0416. The van der Waals surface area contributed by atoms with Crippen LogP contribution in [-0.2, 0) is 41.4 Å². The summed E-state index contributed by atoms with van der Waals surface area (Å²) in [6.07, 6.45) is 4.24. The lowest BCUT2D eigenvalue weighted by atomic mass is 9.78. The zero-order valence-electron chi connectivity index (χ0n) is 22.3. The molecule has 1 amide bonds. The second-order valence-electron chi connectivity index (χ2n) is 10.7. The number of carbonyl (C=O) groups excluding carboxylic acids is 2. The monoisotopic (exact) mass is 533 g/mol. The largest absolute Gasteiger partial charge is 0.464 e. The van der Waals surface area contributed by atoms with Crippen LogP contribution in [0, 0.1) is 11.8 Å². The first kappa shape index (κ1) is 25.2. The van der Waals surface area contributed by atoms with Crippen LogP contribution in [0.3, 0.4) is 0 Å². The van der Waals surface area contributed by atoms with Gasteiger partial charge in [-0.25, -0.2) is 18.2 Å². The minimum Gasteiger partial charge on any atom is -0.464 e. The predicted molar refractivity (Wildman–Crippen MR) is 144 cm³/mol. The maximum absolute atomic E-state index is 12.9. The van der Waals surface area contributed by atoms with Gasteiger partial charge in [0.05, 0.1) is 45.7 Å². The molecule has 0 bridgehead atoms. The van der Waals surface area contributed by atoms with Crippen LogP contribution in [0.5, 0.6) is 0 Å². The Morgan fingerprint density at radius 3 is 2.74 bits per heavy atom. The summed E-state index contributed by atoms with van der Waals surface area (Å²) in [4.78, 5) is 28.4. The number of aryl methyl sites for hydroxylation is 2. The van der Waals surface area contributed by atoms with E-state index in [0.29, 0.717) is 12.2 Å². The zero-order valence-corrected chi connectivity index (χ0v) is 23.2. The standard InChI is InChI=1S/C29H33N4O4S/c1-16-21(27(29(36)37-5)33-26(16)25(17(2)34)28(33)35)14-32-15-22-20-12-18(13-24-30(3)10-11-31(24)4)6-7-19(20)8-9-23(22)38-32/h6-12,16-17,25-26,34H,13-15H2,1-5H3/q+1/t16-,17+,25+,26?/m0/s1. The van der Waals surface area contributed by atoms with Crippen LogP contribution in [0.1, 0.15) is 30.8 Å². The molecule has 9 heteroatoms. The number of carbonyl (C=O) groups is 2. The third-order valence-electron chi connectivity index (χ3n) is 8.45. The summed E-state index contributed by atoms with van der Waals surface area (Å²) in [7, 11) is 5.49. The fourth-order valence-electron chi connectivity index (χ4n) is 6.39. The van der Waals surface area contributed by atoms with Gasteiger partial charge in [0, 0.05) is 23.9 Å². The number of hydrogen-bond donors (Lipinski definition) is 1. The van der Waals surface area contributed by atoms with Gasteiger partial charge in [-0.3, -0.25) is 4.79 Å². The maximum atomic E-state index is 12.9. The van der Waals surface area contributed by atoms with Crippen molar-refractivity contribution in [2.45, 2.75) is 43.9 Å². The summed E-state index contributed by atoms with van der Waals surface area (Å²) < 4.78 is 11.7. The number of aromatic nitrogens is 2. The van der Waals surface area contributed by atoms with Crippen LogP contribution in [0.4, 0.5) is 0 Å². The van der Waals surface area contributed by atoms with Gasteiger partial charge in [0.1, 0.15) is 18.1 Å². The summed E-state index contributed by atoms with van der Waals surface area (Å²) in [6, 6.07) is 10.9. The molecule has 6 rings (SSSR count). The molecule has 0 spiro atoms. The molecular weight excluding hydrogens is 500 g/mol. The highest BCUT2D eigenvalue weighted by molar-refractivity contribution is 7.97. The molecule has 4 heterocycles. The number of benzene rings is 2. The van der Waals surface area contributed by atoms with Crippen LogP contribution in [0.2, 0.25) is 0 Å². The number of methoxy groups -OCH3 is 1. The maximum Gasteiger partial charge on any atom is 0.354 e. The van der Waals surface area contributed by atoms with Crippen molar-refractivity contribution in [3.63, 3.8) is 0 Å². The fourth-order valence-corrected chi connectivity index (χ4v) is 7.47. The van der Waals surface area contributed by atoms with E-state index in [1.807, 2.05) is 6.92 Å². The highest BCUT2D eigenvalue weighted by atomic mass is 32.2. The van der Waals surface area contributed by atoms with Crippen LogP contribution >= 0.6 is 11.9 Å². The van der Waals surface area contributed by atoms with E-state index in [4.69, 9.17) is 4.74 Å². The first-order valence-electron chi connectivity index (χ1n) is 13.0. The smallest absolute Gasteiger partial charge is 0.354 e. The Balaban J connectivity index is 1.29. The van der Waals surface area contributed by atoms with E-state index < -0.39 is 18.0 Å². The number of β-lactam (4-membered cyclic amide) rings is 1. The summed E-state index contributed by atoms with van der Waals surface area (Å²) in [6.45, 7) is 4.97. The number of amides is 1. The van der Waals surface area contributed by atoms with Crippen molar-refractivity contribution >= 4 is 34.6 Å². The molecule has 1 fully saturated rings. The van der Waals surface area contributed by atoms with Crippen LogP contribution in [-0.4, -0.2) is 56.6 Å². The SMILES string of the molecule is COC(=O)C1=C(CN2Cc3c(ccc4ccc(Cc5n(C)cc[n+]5C)cc34)S2)[C@H](C)C2[C@@H]([C@@H](C)O)C(=O)N12. The lowest BCUT2D eigenvalue weighted by Gasteiger charge is -2.46. The normalized spacial score (nSPS) is 23.6. The molecule has 3 aromatic rings. The molecule has 8 nitrogen and oxygen atoms in total. The van der Waals surface area contributed by atoms with Crippen molar-refractivity contribution < 1.29 is 24.0 Å². The lowest BCUT2D eigenvalue weighted by molar-refractivity contribution is -0.678. The average molecular weight is 534 g/mol. The van der Waals surface area contributed by atoms with E-state index in [1.165, 1.54) is 39.7 Å². The van der Waals surface area contributed by atoms with E-state index >= 15 is 0 Å². The van der Waals surface area contributed by atoms with Gasteiger partial charge in [-0.2, -0.15) is 0 Å². The topological polar surface area (TPSA) is 78.9 Å². The number of fused-ring (bicyclic) bond motifs is 4. The van der Waals surface area contributed by atoms with Gasteiger partial charge in [-0.1, -0.05) is 31.2 Å². The predicted octanol–water partition coefficient (Wildman–Crippen LogP) is 2.70. The Hall–Kier alpha value is -3.14. The Kier molecular flexibility index (Phi) is 6.13. The number of esters is 1. The summed E-state index contributed by atoms with van der Waals surface area (Å²) in [5, 5.41) is 12.7. The van der Waals surface area contributed by atoms with Gasteiger partial charge in [-0.15, -0.1) is 0 Å². The molecule has 1 N–H and O–H groups in total. The number of imidazole rings is 1. The summed E-state index contributed by atoms with van der Waals surface area (Å²) >= 11 is 1.69. The van der Waals surface area contributed by atoms with Crippen LogP contribution in [0.15, 0.2) is 58.9 Å². The average Bonchev–Trinajstić information content (AvgIpc) is 3.52. The van der Waals surface area contributed by atoms with Crippen molar-refractivity contribution in [2.24, 2.45) is 25.9 Å². The van der Waals surface area contributed by atoms with E-state index in [1.54, 1.807) is 23.8 Å². The summed E-state index contributed by atoms with van der Waals surface area (Å²) in [5.74, 6) is 0.0197. The van der Waals surface area contributed by atoms with Crippen molar-refractivity contribution in [3.8, 4) is 0 Å². The third-order valence-corrected chi connectivity index (χ3v) is 9.54. The molecule has 4 atom stereocenters. The molecular formula is C29H33N4O4S+. The van der Waals surface area contributed by atoms with E-state index in [0.717, 1.165) is 18.5 Å². The number of ether oxygens (including phenoxy) is 1. The lowest BCUT2D eigenvalue weighted by Crippen LogP contribution is -2.63. The molecule has 0 aliphatic carbocycles. The van der Waals surface area contributed by atoms with Crippen molar-refractivity contribution in [2.75, 3.05) is 13.7 Å². The van der Waals surface area contributed by atoms with Crippen LogP contribution in [0.25, 0.3) is 10.8 Å². The Labute approximate surface area is 226 Å². The number of nitrogens with zero attached hydrogens (tertiary/aromatic N) is 4. The molecule has 1 saturated heterocycles. The Morgan fingerprint density at radius 1 is 1.29 bits per heavy atom. The van der Waals surface area contributed by atoms with E-state index in [9.17, 15) is 14.7 Å². The number of rotatable bonds is 6. The number of aliphatic hydroxyl groups is 1. The molecule has 38 heavy (non-hydrogen) atoms. The van der Waals surface area contributed by atoms with E-state index in [2.05, 4.69) is 70.3 Å². The molecule has 0 radical (unpaired) electrons. The molecule has 3 aliphatic rings. The van der Waals surface area contributed by atoms with Gasteiger partial charge in [0.25, 0.3) is 5.82 Å². The second-order valence-corrected chi connectivity index (χ2v) is 11.9. The van der Waals surface area contributed by atoms with Gasteiger partial charge in [-0.05, 0) is 52.4 Å². The van der Waals surface area contributed by atoms with Crippen molar-refractivity contribution in [1.29, 1.82) is 0 Å². The zero-order chi connectivity index (χ0) is 26.9. The van der Waals surface area contributed by atoms with Gasteiger partial charge in [0.15, 0.2) is 0 Å². The van der Waals surface area contributed by atoms with Gasteiger partial charge in [0.2, 0.25) is 5.91 Å². The number of aliphatic hydroxyl groups excluding tert-OH is 1. The van der Waals surface area contributed by atoms with Gasteiger partial charge < -0.3 is 14.7 Å². The second kappa shape index (κ2) is 9.25. The Bertz CT molecular complexity index is 1490. The van der Waals surface area contributed by atoms with Gasteiger partial charge >= 0.3 is 5.97 Å². The first-order chi connectivity index (χ1) is 18.2. The van der Waals surface area contributed by atoms with Crippen LogP contribution < -0.4 is 4.57 Å². The fraction of sp³-hybridized carbons (Fsp3) is 0.414. The molecule has 1 unspecified atom stereocenters. The quantitative estimate of drug-likeness (QED) is 0.227. The highest BCUT2D eigenvalue weighted by Crippen LogP contribution is 2.49. The molecule has 2 aromatic carbocycles. The Morgan fingerprint density at radius 2 is 2.05 bits per heavy atom. The molecule has 0 saturated carbocycles. The molecule has 198 valence electrons. The minimum atomic E-state index is -0.756.